The van der Waals surface area contributed by atoms with E-state index in [-0.39, 0.29) is 5.97 Å². The first kappa shape index (κ1) is 11.7. The van der Waals surface area contributed by atoms with Crippen molar-refractivity contribution >= 4 is 11.9 Å². The first-order valence-corrected chi connectivity index (χ1v) is 4.24. The molecule has 0 aromatic heterocycles. The van der Waals surface area contributed by atoms with E-state index < -0.39 is 5.91 Å². The van der Waals surface area contributed by atoms with E-state index in [2.05, 4.69) is 12.3 Å². The number of cyclic esters (lactones) is 1. The molecule has 0 aromatic rings. The molecular weight excluding hydrogens is 170 g/mol. The third-order valence-corrected chi connectivity index (χ3v) is 1.49. The van der Waals surface area contributed by atoms with E-state index in [1.165, 1.54) is 0 Å². The van der Waals surface area contributed by atoms with Crippen LogP contribution in [-0.2, 0) is 14.3 Å². The van der Waals surface area contributed by atoms with Gasteiger partial charge < -0.3 is 10.5 Å². The van der Waals surface area contributed by atoms with Crippen LogP contribution in [0.15, 0.2) is 12.7 Å². The Labute approximate surface area is 77.7 Å². The number of hydrogen-bond acceptors (Lipinski definition) is 3. The van der Waals surface area contributed by atoms with E-state index in [1.54, 1.807) is 0 Å². The summed E-state index contributed by atoms with van der Waals surface area (Å²) in [5, 5.41) is 0. The molecule has 4 nitrogen and oxygen atoms in total. The molecule has 1 fully saturated rings. The molecule has 1 rings (SSSR count). The molecule has 1 heterocycles. The summed E-state index contributed by atoms with van der Waals surface area (Å²) in [6.45, 7) is 3.72. The Balaban J connectivity index is 0.000000252. The minimum Gasteiger partial charge on any atom is -0.466 e. The van der Waals surface area contributed by atoms with Crippen molar-refractivity contribution in [2.45, 2.75) is 25.7 Å². The van der Waals surface area contributed by atoms with Gasteiger partial charge in [0.2, 0.25) is 5.91 Å². The van der Waals surface area contributed by atoms with Crippen LogP contribution in [0.4, 0.5) is 0 Å². The number of amides is 1. The van der Waals surface area contributed by atoms with Crippen molar-refractivity contribution in [1.82, 2.24) is 0 Å². The largest absolute Gasteiger partial charge is 0.466 e. The van der Waals surface area contributed by atoms with Gasteiger partial charge in [0.1, 0.15) is 0 Å². The van der Waals surface area contributed by atoms with Gasteiger partial charge in [-0.3, -0.25) is 9.59 Å². The number of hydrogen-bond donors (Lipinski definition) is 1. The van der Waals surface area contributed by atoms with Gasteiger partial charge >= 0.3 is 5.97 Å². The van der Waals surface area contributed by atoms with E-state index in [0.717, 1.165) is 25.3 Å². The molecule has 0 atom stereocenters. The van der Waals surface area contributed by atoms with Gasteiger partial charge in [0.25, 0.3) is 0 Å². The molecule has 0 unspecified atom stereocenters. The lowest BCUT2D eigenvalue weighted by Crippen LogP contribution is -2.04. The Morgan fingerprint density at radius 2 is 2.08 bits per heavy atom. The first-order valence-electron chi connectivity index (χ1n) is 4.24. The summed E-state index contributed by atoms with van der Waals surface area (Å²) in [7, 11) is 0. The number of rotatable bonds is 1. The molecule has 2 N–H and O–H groups in total. The van der Waals surface area contributed by atoms with Crippen LogP contribution in [0, 0.1) is 0 Å². The predicted molar refractivity (Wildman–Crippen MR) is 48.8 cm³/mol. The predicted octanol–water partition coefficient (Wildman–Crippen LogP) is 0.761. The number of carbonyl (C=O) groups excluding carboxylic acids is 2. The van der Waals surface area contributed by atoms with Gasteiger partial charge in [-0.25, -0.2) is 0 Å². The smallest absolute Gasteiger partial charge is 0.305 e. The van der Waals surface area contributed by atoms with Crippen molar-refractivity contribution in [3.8, 4) is 0 Å². The van der Waals surface area contributed by atoms with Crippen molar-refractivity contribution in [2.75, 3.05) is 6.61 Å². The Morgan fingerprint density at radius 1 is 1.46 bits per heavy atom. The second-order valence-corrected chi connectivity index (χ2v) is 2.64. The van der Waals surface area contributed by atoms with Gasteiger partial charge in [-0.05, 0) is 25.3 Å². The molecule has 1 saturated heterocycles. The summed E-state index contributed by atoms with van der Waals surface area (Å²) in [6, 6.07) is 0. The number of nitrogens with two attached hydrogens (primary N) is 1. The highest BCUT2D eigenvalue weighted by molar-refractivity contribution is 5.84. The monoisotopic (exact) mass is 185 g/mol. The van der Waals surface area contributed by atoms with Gasteiger partial charge in [0.05, 0.1) is 6.61 Å². The Morgan fingerprint density at radius 3 is 2.62 bits per heavy atom. The van der Waals surface area contributed by atoms with Crippen LogP contribution in [0.5, 0.6) is 0 Å². The third-order valence-electron chi connectivity index (χ3n) is 1.49. The van der Waals surface area contributed by atoms with E-state index in [0.29, 0.717) is 13.0 Å². The minimum absolute atomic E-state index is 0.0255. The maximum atomic E-state index is 10.5. The molecule has 1 aliphatic heterocycles. The second-order valence-electron chi connectivity index (χ2n) is 2.64. The molecule has 0 radical (unpaired) electrons. The Hall–Kier alpha value is -1.32. The number of carbonyl (C=O) groups is 2. The van der Waals surface area contributed by atoms with Gasteiger partial charge in [0.15, 0.2) is 0 Å². The third kappa shape index (κ3) is 8.59. The molecule has 0 bridgehead atoms. The fraction of sp³-hybridized carbons (Fsp3) is 0.556. The molecule has 1 aliphatic rings. The van der Waals surface area contributed by atoms with Gasteiger partial charge in [0, 0.05) is 6.42 Å². The summed E-state index contributed by atoms with van der Waals surface area (Å²) >= 11 is 0. The summed E-state index contributed by atoms with van der Waals surface area (Å²) in [6.07, 6.45) is 4.89. The van der Waals surface area contributed by atoms with Crippen molar-refractivity contribution in [3.63, 3.8) is 0 Å². The van der Waals surface area contributed by atoms with Crippen LogP contribution in [-0.4, -0.2) is 18.5 Å². The molecule has 0 aromatic carbocycles. The zero-order valence-corrected chi connectivity index (χ0v) is 7.62. The molecule has 0 aliphatic carbocycles. The second kappa shape index (κ2) is 7.34. The van der Waals surface area contributed by atoms with Gasteiger partial charge in [-0.1, -0.05) is 6.58 Å². The fourth-order valence-electron chi connectivity index (χ4n) is 0.806. The van der Waals surface area contributed by atoms with E-state index in [1.807, 2.05) is 0 Å². The van der Waals surface area contributed by atoms with Crippen molar-refractivity contribution in [1.29, 1.82) is 0 Å². The standard InChI is InChI=1S/C6H10O2.C3H5NO/c7-6-4-2-1-3-5-8-6;1-2-3(4)5/h1-5H2;2H,1H2,(H2,4,5). The van der Waals surface area contributed by atoms with Crippen molar-refractivity contribution < 1.29 is 14.3 Å². The van der Waals surface area contributed by atoms with Crippen LogP contribution >= 0.6 is 0 Å². The fourth-order valence-corrected chi connectivity index (χ4v) is 0.806. The maximum Gasteiger partial charge on any atom is 0.305 e. The maximum absolute atomic E-state index is 10.5. The first-order chi connectivity index (χ1) is 6.16. The van der Waals surface area contributed by atoms with Crippen molar-refractivity contribution in [2.24, 2.45) is 5.73 Å². The highest BCUT2D eigenvalue weighted by Gasteiger charge is 2.05. The lowest BCUT2D eigenvalue weighted by Gasteiger charge is -1.93. The lowest BCUT2D eigenvalue weighted by molar-refractivity contribution is -0.142. The summed E-state index contributed by atoms with van der Waals surface area (Å²) < 4.78 is 4.76. The average molecular weight is 185 g/mol. The van der Waals surface area contributed by atoms with E-state index in [9.17, 15) is 9.59 Å². The average Bonchev–Trinajstić information content (AvgIpc) is 2.33. The van der Waals surface area contributed by atoms with Gasteiger partial charge in [-0.15, -0.1) is 0 Å². The normalized spacial score (nSPS) is 15.8. The molecular formula is C9H15NO3. The van der Waals surface area contributed by atoms with Gasteiger partial charge in [-0.2, -0.15) is 0 Å². The zero-order valence-electron chi connectivity index (χ0n) is 7.62. The molecule has 4 heteroatoms. The summed E-state index contributed by atoms with van der Waals surface area (Å²) in [4.78, 5) is 19.9. The van der Waals surface area contributed by atoms with E-state index in [4.69, 9.17) is 4.74 Å². The van der Waals surface area contributed by atoms with Crippen LogP contribution in [0.3, 0.4) is 0 Å². The number of primary amides is 1. The quantitative estimate of drug-likeness (QED) is 0.484. The summed E-state index contributed by atoms with van der Waals surface area (Å²) in [5.74, 6) is -0.507. The summed E-state index contributed by atoms with van der Waals surface area (Å²) in [5.41, 5.74) is 4.53. The molecule has 1 amide bonds. The van der Waals surface area contributed by atoms with Crippen LogP contribution in [0.1, 0.15) is 25.7 Å². The Kier molecular flexibility index (Phi) is 6.59. The Bertz CT molecular complexity index is 179. The topological polar surface area (TPSA) is 69.4 Å². The highest BCUT2D eigenvalue weighted by Crippen LogP contribution is 2.06. The molecule has 74 valence electrons. The van der Waals surface area contributed by atoms with E-state index >= 15 is 0 Å². The van der Waals surface area contributed by atoms with Crippen LogP contribution < -0.4 is 5.73 Å². The lowest BCUT2D eigenvalue weighted by atomic mass is 10.2. The molecule has 13 heavy (non-hydrogen) atoms. The minimum atomic E-state index is -0.481. The highest BCUT2D eigenvalue weighted by atomic mass is 16.5. The van der Waals surface area contributed by atoms with Crippen LogP contribution in [0.25, 0.3) is 0 Å². The van der Waals surface area contributed by atoms with Crippen LogP contribution in [0.2, 0.25) is 0 Å². The zero-order chi connectivity index (χ0) is 10.1. The molecule has 0 saturated carbocycles. The number of esters is 1. The SMILES string of the molecule is C=CC(N)=O.O=C1CCCCCO1. The van der Waals surface area contributed by atoms with Crippen molar-refractivity contribution in [3.05, 3.63) is 12.7 Å². The number of ether oxygens (including phenoxy) is 1. The molecule has 0 spiro atoms.